The fourth-order valence-corrected chi connectivity index (χ4v) is 1.16. The topological polar surface area (TPSA) is 34.1 Å². The van der Waals surface area contributed by atoms with Crippen LogP contribution in [0.25, 0.3) is 0 Å². The van der Waals surface area contributed by atoms with Gasteiger partial charge in [0, 0.05) is 17.9 Å². The number of ketones is 2. The van der Waals surface area contributed by atoms with E-state index in [2.05, 4.69) is 0 Å². The quantitative estimate of drug-likeness (QED) is 0.683. The molecule has 74 valence electrons. The number of hydrogen-bond donors (Lipinski definition) is 0. The summed E-state index contributed by atoms with van der Waals surface area (Å²) in [6.07, 6.45) is 0.305. The zero-order valence-corrected chi connectivity index (χ0v) is 8.49. The minimum atomic E-state index is -0.178. The van der Waals surface area contributed by atoms with E-state index < -0.39 is 0 Å². The molecule has 0 radical (unpaired) electrons. The predicted molar refractivity (Wildman–Crippen MR) is 55.2 cm³/mol. The van der Waals surface area contributed by atoms with E-state index in [1.165, 1.54) is 6.92 Å². The van der Waals surface area contributed by atoms with Crippen LogP contribution in [0.15, 0.2) is 30.3 Å². The first-order valence-corrected chi connectivity index (χ1v) is 4.70. The first-order chi connectivity index (χ1) is 6.61. The van der Waals surface area contributed by atoms with Crippen molar-refractivity contribution in [3.05, 3.63) is 35.9 Å². The maximum absolute atomic E-state index is 11.6. The highest BCUT2D eigenvalue weighted by Gasteiger charge is 2.13. The molecule has 0 fully saturated rings. The lowest BCUT2D eigenvalue weighted by Gasteiger charge is -2.05. The van der Waals surface area contributed by atoms with Gasteiger partial charge in [-0.1, -0.05) is 37.3 Å². The summed E-state index contributed by atoms with van der Waals surface area (Å²) in [5.74, 6) is -0.0784. The first kappa shape index (κ1) is 10.6. The van der Waals surface area contributed by atoms with Gasteiger partial charge >= 0.3 is 0 Å². The van der Waals surface area contributed by atoms with Crippen LogP contribution in [0.1, 0.15) is 30.6 Å². The molecule has 0 amide bonds. The number of hydrogen-bond acceptors (Lipinski definition) is 2. The number of carbonyl (C=O) groups is 2. The molecule has 0 spiro atoms. The van der Waals surface area contributed by atoms with E-state index in [1.807, 2.05) is 18.2 Å². The highest BCUT2D eigenvalue weighted by atomic mass is 16.1. The van der Waals surface area contributed by atoms with E-state index in [9.17, 15) is 9.59 Å². The number of benzene rings is 1. The third kappa shape index (κ3) is 2.80. The van der Waals surface area contributed by atoms with Gasteiger partial charge in [-0.15, -0.1) is 0 Å². The fraction of sp³-hybridized carbons (Fsp3) is 0.333. The van der Waals surface area contributed by atoms with Gasteiger partial charge in [-0.05, 0) is 6.92 Å². The molecule has 1 unspecified atom stereocenters. The number of rotatable bonds is 4. The van der Waals surface area contributed by atoms with Crippen molar-refractivity contribution in [2.45, 2.75) is 20.3 Å². The average Bonchev–Trinajstić information content (AvgIpc) is 2.19. The lowest BCUT2D eigenvalue weighted by atomic mass is 9.97. The van der Waals surface area contributed by atoms with Gasteiger partial charge in [-0.25, -0.2) is 0 Å². The van der Waals surface area contributed by atoms with Crippen LogP contribution in [0.3, 0.4) is 0 Å². The van der Waals surface area contributed by atoms with Gasteiger partial charge < -0.3 is 0 Å². The molecule has 0 aromatic heterocycles. The van der Waals surface area contributed by atoms with E-state index in [1.54, 1.807) is 19.1 Å². The van der Waals surface area contributed by atoms with Crippen LogP contribution in [-0.2, 0) is 4.79 Å². The maximum atomic E-state index is 11.6. The molecule has 1 rings (SSSR count). The van der Waals surface area contributed by atoms with Crippen LogP contribution in [0, 0.1) is 5.92 Å². The van der Waals surface area contributed by atoms with Gasteiger partial charge in [0.2, 0.25) is 0 Å². The second-order valence-corrected chi connectivity index (χ2v) is 3.51. The average molecular weight is 190 g/mol. The first-order valence-electron chi connectivity index (χ1n) is 4.70. The molecule has 1 aromatic carbocycles. The zero-order valence-electron chi connectivity index (χ0n) is 8.49. The van der Waals surface area contributed by atoms with Crippen LogP contribution < -0.4 is 0 Å². The number of carbonyl (C=O) groups excluding carboxylic acids is 2. The van der Waals surface area contributed by atoms with Crippen molar-refractivity contribution in [3.8, 4) is 0 Å². The lowest BCUT2D eigenvalue weighted by Crippen LogP contribution is -2.12. The van der Waals surface area contributed by atoms with E-state index in [0.717, 1.165) is 0 Å². The van der Waals surface area contributed by atoms with Gasteiger partial charge in [-0.2, -0.15) is 0 Å². The fourth-order valence-electron chi connectivity index (χ4n) is 1.16. The van der Waals surface area contributed by atoms with E-state index in [-0.39, 0.29) is 17.5 Å². The molecule has 0 saturated carbocycles. The molecule has 0 heterocycles. The Morgan fingerprint density at radius 3 is 2.29 bits per heavy atom. The van der Waals surface area contributed by atoms with Crippen LogP contribution >= 0.6 is 0 Å². The van der Waals surface area contributed by atoms with Crippen molar-refractivity contribution in [1.29, 1.82) is 0 Å². The SMILES string of the molecule is CC(=O)C(C)CC(=O)c1ccccc1. The summed E-state index contributed by atoms with van der Waals surface area (Å²) in [4.78, 5) is 22.6. The molecule has 0 aliphatic heterocycles. The van der Waals surface area contributed by atoms with E-state index in [0.29, 0.717) is 12.0 Å². The van der Waals surface area contributed by atoms with Crippen molar-refractivity contribution in [2.75, 3.05) is 0 Å². The Morgan fingerprint density at radius 1 is 1.21 bits per heavy atom. The molecule has 0 aliphatic carbocycles. The predicted octanol–water partition coefficient (Wildman–Crippen LogP) is 2.48. The van der Waals surface area contributed by atoms with Gasteiger partial charge in [-0.3, -0.25) is 9.59 Å². The van der Waals surface area contributed by atoms with Crippen molar-refractivity contribution in [1.82, 2.24) is 0 Å². The third-order valence-electron chi connectivity index (χ3n) is 2.28. The van der Waals surface area contributed by atoms with Gasteiger partial charge in [0.25, 0.3) is 0 Å². The molecular weight excluding hydrogens is 176 g/mol. The standard InChI is InChI=1S/C12H14O2/c1-9(10(2)13)8-12(14)11-6-4-3-5-7-11/h3-7,9H,8H2,1-2H3. The van der Waals surface area contributed by atoms with Crippen LogP contribution in [0.2, 0.25) is 0 Å². The maximum Gasteiger partial charge on any atom is 0.163 e. The third-order valence-corrected chi connectivity index (χ3v) is 2.28. The van der Waals surface area contributed by atoms with Crippen LogP contribution in [-0.4, -0.2) is 11.6 Å². The minimum Gasteiger partial charge on any atom is -0.300 e. The molecule has 1 aromatic rings. The minimum absolute atomic E-state index is 0.0355. The Morgan fingerprint density at radius 2 is 1.79 bits per heavy atom. The molecule has 0 saturated heterocycles. The Hall–Kier alpha value is -1.44. The Labute approximate surface area is 83.9 Å². The highest BCUT2D eigenvalue weighted by Crippen LogP contribution is 2.10. The molecule has 0 aliphatic rings. The Kier molecular flexibility index (Phi) is 3.57. The number of Topliss-reactive ketones (excluding diaryl/α,β-unsaturated/α-hetero) is 2. The van der Waals surface area contributed by atoms with Gasteiger partial charge in [0.05, 0.1) is 0 Å². The normalized spacial score (nSPS) is 12.1. The van der Waals surface area contributed by atoms with Gasteiger partial charge in [0.15, 0.2) is 5.78 Å². The Balaban J connectivity index is 2.64. The molecular formula is C12H14O2. The molecule has 2 nitrogen and oxygen atoms in total. The molecule has 14 heavy (non-hydrogen) atoms. The molecule has 1 atom stereocenters. The summed E-state index contributed by atoms with van der Waals surface area (Å²) in [5, 5.41) is 0. The second-order valence-electron chi connectivity index (χ2n) is 3.51. The van der Waals surface area contributed by atoms with E-state index in [4.69, 9.17) is 0 Å². The zero-order chi connectivity index (χ0) is 10.6. The molecule has 0 N–H and O–H groups in total. The van der Waals surface area contributed by atoms with Crippen LogP contribution in [0.5, 0.6) is 0 Å². The summed E-state index contributed by atoms with van der Waals surface area (Å²) in [6, 6.07) is 9.06. The highest BCUT2D eigenvalue weighted by molar-refractivity contribution is 5.98. The summed E-state index contributed by atoms with van der Waals surface area (Å²) in [5.41, 5.74) is 0.681. The van der Waals surface area contributed by atoms with Crippen LogP contribution in [0.4, 0.5) is 0 Å². The van der Waals surface area contributed by atoms with Crippen molar-refractivity contribution < 1.29 is 9.59 Å². The lowest BCUT2D eigenvalue weighted by molar-refractivity contribution is -0.120. The summed E-state index contributed by atoms with van der Waals surface area (Å²) in [7, 11) is 0. The second kappa shape index (κ2) is 4.70. The summed E-state index contributed by atoms with van der Waals surface area (Å²) < 4.78 is 0. The Bertz CT molecular complexity index is 327. The van der Waals surface area contributed by atoms with Gasteiger partial charge in [0.1, 0.15) is 5.78 Å². The smallest absolute Gasteiger partial charge is 0.163 e. The summed E-state index contributed by atoms with van der Waals surface area (Å²) >= 11 is 0. The van der Waals surface area contributed by atoms with Crippen molar-refractivity contribution in [3.63, 3.8) is 0 Å². The van der Waals surface area contributed by atoms with Crippen molar-refractivity contribution in [2.24, 2.45) is 5.92 Å². The molecule has 2 heteroatoms. The monoisotopic (exact) mass is 190 g/mol. The summed E-state index contributed by atoms with van der Waals surface area (Å²) in [6.45, 7) is 3.30. The molecule has 0 bridgehead atoms. The largest absolute Gasteiger partial charge is 0.300 e. The van der Waals surface area contributed by atoms with E-state index >= 15 is 0 Å². The van der Waals surface area contributed by atoms with Crippen molar-refractivity contribution >= 4 is 11.6 Å².